The van der Waals surface area contributed by atoms with E-state index in [0.717, 1.165) is 6.07 Å². The van der Waals surface area contributed by atoms with Crippen LogP contribution >= 0.6 is 0 Å². The largest absolute Gasteiger partial charge is 0.510 e. The van der Waals surface area contributed by atoms with Crippen LogP contribution in [-0.4, -0.2) is 14.1 Å². The number of hydrogen-bond donors (Lipinski definition) is 0. The molecule has 0 bridgehead atoms. The van der Waals surface area contributed by atoms with Crippen LogP contribution in [0.3, 0.4) is 0 Å². The Kier molecular flexibility index (Phi) is 3.21. The Morgan fingerprint density at radius 2 is 1.80 bits per heavy atom. The van der Waals surface area contributed by atoms with Gasteiger partial charge in [-0.15, -0.1) is 0 Å². The molecular weight excluding hydrogens is 218 g/mol. The van der Waals surface area contributed by atoms with Crippen molar-refractivity contribution in [2.75, 3.05) is 7.11 Å². The SMILES string of the molecule is COc1ccc([B-](F)(F)F)c(C(F)F)c1. The summed E-state index contributed by atoms with van der Waals surface area (Å²) in [5, 5.41) is 0. The van der Waals surface area contributed by atoms with Crippen molar-refractivity contribution >= 4 is 12.4 Å². The van der Waals surface area contributed by atoms with Gasteiger partial charge in [-0.05, 0) is 17.7 Å². The fraction of sp³-hybridized carbons (Fsp3) is 0.250. The van der Waals surface area contributed by atoms with Crippen molar-refractivity contribution in [2.45, 2.75) is 6.43 Å². The molecule has 0 aromatic heterocycles. The van der Waals surface area contributed by atoms with E-state index in [0.29, 0.717) is 12.1 Å². The lowest BCUT2D eigenvalue weighted by Gasteiger charge is -2.19. The number of methoxy groups -OCH3 is 1. The Bertz CT molecular complexity index is 349. The molecule has 0 fully saturated rings. The molecule has 0 unspecified atom stereocenters. The molecule has 0 spiro atoms. The van der Waals surface area contributed by atoms with Crippen LogP contribution in [0, 0.1) is 0 Å². The predicted molar refractivity (Wildman–Crippen MR) is 46.7 cm³/mol. The minimum Gasteiger partial charge on any atom is -0.497 e. The molecule has 0 amide bonds. The summed E-state index contributed by atoms with van der Waals surface area (Å²) in [6, 6.07) is 2.33. The maximum absolute atomic E-state index is 12.3. The summed E-state index contributed by atoms with van der Waals surface area (Å²) in [7, 11) is 1.20. The van der Waals surface area contributed by atoms with Gasteiger partial charge >= 0.3 is 6.98 Å². The van der Waals surface area contributed by atoms with E-state index in [2.05, 4.69) is 4.74 Å². The van der Waals surface area contributed by atoms with Crippen LogP contribution in [-0.2, 0) is 0 Å². The third-order valence-corrected chi connectivity index (χ3v) is 1.88. The number of benzene rings is 1. The van der Waals surface area contributed by atoms with Crippen LogP contribution in [0.15, 0.2) is 18.2 Å². The number of rotatable bonds is 3. The van der Waals surface area contributed by atoms with Gasteiger partial charge in [-0.3, -0.25) is 0 Å². The van der Waals surface area contributed by atoms with E-state index < -0.39 is 24.4 Å². The second-order valence-electron chi connectivity index (χ2n) is 2.87. The number of hydrogen-bond acceptors (Lipinski definition) is 1. The van der Waals surface area contributed by atoms with Gasteiger partial charge in [0.15, 0.2) is 0 Å². The highest BCUT2D eigenvalue weighted by atomic mass is 19.4. The van der Waals surface area contributed by atoms with Crippen LogP contribution in [0.2, 0.25) is 0 Å². The lowest BCUT2D eigenvalue weighted by Crippen LogP contribution is -2.37. The molecule has 1 aromatic rings. The molecule has 0 aliphatic rings. The van der Waals surface area contributed by atoms with E-state index in [4.69, 9.17) is 0 Å². The van der Waals surface area contributed by atoms with Crippen molar-refractivity contribution < 1.29 is 26.5 Å². The van der Waals surface area contributed by atoms with Gasteiger partial charge in [0.05, 0.1) is 7.11 Å². The second kappa shape index (κ2) is 4.08. The Morgan fingerprint density at radius 1 is 1.20 bits per heavy atom. The third-order valence-electron chi connectivity index (χ3n) is 1.88. The molecule has 0 aliphatic carbocycles. The highest BCUT2D eigenvalue weighted by Crippen LogP contribution is 2.25. The van der Waals surface area contributed by atoms with Crippen LogP contribution in [0.1, 0.15) is 12.0 Å². The van der Waals surface area contributed by atoms with Crippen molar-refractivity contribution in [1.29, 1.82) is 0 Å². The van der Waals surface area contributed by atoms with Gasteiger partial charge in [0.25, 0.3) is 6.43 Å². The highest BCUT2D eigenvalue weighted by molar-refractivity contribution is 6.74. The van der Waals surface area contributed by atoms with Crippen molar-refractivity contribution in [3.05, 3.63) is 23.8 Å². The Morgan fingerprint density at radius 3 is 2.20 bits per heavy atom. The molecule has 7 heteroatoms. The first-order valence-electron chi connectivity index (χ1n) is 4.02. The summed E-state index contributed by atoms with van der Waals surface area (Å²) in [4.78, 5) is 0. The molecule has 0 N–H and O–H groups in total. The number of halogens is 5. The van der Waals surface area contributed by atoms with Gasteiger partial charge in [0.1, 0.15) is 5.75 Å². The molecule has 1 nitrogen and oxygen atoms in total. The van der Waals surface area contributed by atoms with Crippen molar-refractivity contribution in [3.8, 4) is 5.75 Å². The van der Waals surface area contributed by atoms with E-state index in [1.807, 2.05) is 0 Å². The van der Waals surface area contributed by atoms with Gasteiger partial charge in [-0.25, -0.2) is 8.78 Å². The first-order valence-corrected chi connectivity index (χ1v) is 4.02. The Hall–Kier alpha value is -1.27. The summed E-state index contributed by atoms with van der Waals surface area (Å²) in [5.74, 6) is -0.0194. The number of alkyl halides is 2. The van der Waals surface area contributed by atoms with Crippen LogP contribution < -0.4 is 10.2 Å². The lowest BCUT2D eigenvalue weighted by atomic mass is 9.77. The summed E-state index contributed by atoms with van der Waals surface area (Å²) < 4.78 is 66.2. The van der Waals surface area contributed by atoms with Crippen molar-refractivity contribution in [1.82, 2.24) is 0 Å². The minimum atomic E-state index is -5.42. The predicted octanol–water partition coefficient (Wildman–Crippen LogP) is 2.69. The molecule has 0 radical (unpaired) electrons. The van der Waals surface area contributed by atoms with E-state index in [1.165, 1.54) is 7.11 Å². The standard InChI is InChI=1S/C8H7BF5O/c1-15-5-2-3-7(9(12,13)14)6(4-5)8(10)11/h2-4,8H,1H3/q-1. The maximum Gasteiger partial charge on any atom is 0.510 e. The quantitative estimate of drug-likeness (QED) is 0.567. The molecular formula is C8H7BF5O-. The maximum atomic E-state index is 12.3. The fourth-order valence-electron chi connectivity index (χ4n) is 1.17. The van der Waals surface area contributed by atoms with Gasteiger partial charge in [-0.1, -0.05) is 11.5 Å². The molecule has 0 atom stereocenters. The summed E-state index contributed by atoms with van der Waals surface area (Å²) >= 11 is 0. The Balaban J connectivity index is 3.28. The lowest BCUT2D eigenvalue weighted by molar-refractivity contribution is 0.151. The molecule has 0 saturated heterocycles. The summed E-state index contributed by atoms with van der Waals surface area (Å²) in [6.07, 6.45) is -3.17. The third kappa shape index (κ3) is 2.61. The molecule has 84 valence electrons. The molecule has 0 saturated carbocycles. The minimum absolute atomic E-state index is 0.0194. The topological polar surface area (TPSA) is 9.23 Å². The first-order chi connectivity index (χ1) is 6.86. The zero-order valence-electron chi connectivity index (χ0n) is 7.68. The monoisotopic (exact) mass is 225 g/mol. The second-order valence-corrected chi connectivity index (χ2v) is 2.87. The first kappa shape index (κ1) is 11.8. The van der Waals surface area contributed by atoms with Gasteiger partial charge in [-0.2, -0.15) is 0 Å². The molecule has 15 heavy (non-hydrogen) atoms. The summed E-state index contributed by atoms with van der Waals surface area (Å²) in [6.45, 7) is -5.42. The number of ether oxygens (including phenoxy) is 1. The average Bonchev–Trinajstić information content (AvgIpc) is 2.15. The molecule has 1 aromatic carbocycles. The zero-order chi connectivity index (χ0) is 11.6. The van der Waals surface area contributed by atoms with E-state index in [-0.39, 0.29) is 5.75 Å². The molecule has 1 rings (SSSR count). The van der Waals surface area contributed by atoms with Gasteiger partial charge < -0.3 is 17.7 Å². The normalized spacial score (nSPS) is 11.9. The summed E-state index contributed by atoms with van der Waals surface area (Å²) in [5.41, 5.74) is -2.31. The van der Waals surface area contributed by atoms with Crippen molar-refractivity contribution in [3.63, 3.8) is 0 Å². The van der Waals surface area contributed by atoms with Crippen LogP contribution in [0.25, 0.3) is 0 Å². The Labute approximate surface area is 82.9 Å². The highest BCUT2D eigenvalue weighted by Gasteiger charge is 2.30. The molecule has 0 aliphatic heterocycles. The van der Waals surface area contributed by atoms with Gasteiger partial charge in [0, 0.05) is 0 Å². The smallest absolute Gasteiger partial charge is 0.497 e. The average molecular weight is 225 g/mol. The van der Waals surface area contributed by atoms with Crippen molar-refractivity contribution in [2.24, 2.45) is 0 Å². The van der Waals surface area contributed by atoms with Gasteiger partial charge in [0.2, 0.25) is 0 Å². The van der Waals surface area contributed by atoms with E-state index >= 15 is 0 Å². The van der Waals surface area contributed by atoms with Crippen LogP contribution in [0.4, 0.5) is 21.7 Å². The zero-order valence-corrected chi connectivity index (χ0v) is 7.68. The van der Waals surface area contributed by atoms with Crippen LogP contribution in [0.5, 0.6) is 5.75 Å². The van der Waals surface area contributed by atoms with E-state index in [1.54, 1.807) is 0 Å². The molecule has 0 heterocycles. The van der Waals surface area contributed by atoms with E-state index in [9.17, 15) is 21.7 Å². The fourth-order valence-corrected chi connectivity index (χ4v) is 1.17.